The number of rotatable bonds is 8. The number of nitrogens with one attached hydrogen (secondary N) is 1. The molecule has 0 bridgehead atoms. The molecule has 1 aliphatic heterocycles. The zero-order chi connectivity index (χ0) is 21.6. The molecule has 6 heteroatoms. The SMILES string of the molecule is CCCCc1ccc(NC(=O)c2ccc([C@H]3SCC(=O)N3Cc3ccco3)cc2)cc1. The van der Waals surface area contributed by atoms with Crippen LogP contribution in [0.3, 0.4) is 0 Å². The summed E-state index contributed by atoms with van der Waals surface area (Å²) < 4.78 is 5.41. The average Bonchev–Trinajstić information content (AvgIpc) is 3.44. The number of nitrogens with zero attached hydrogens (tertiary/aromatic N) is 1. The van der Waals surface area contributed by atoms with Crippen molar-refractivity contribution in [3.8, 4) is 0 Å². The van der Waals surface area contributed by atoms with Crippen molar-refractivity contribution < 1.29 is 14.0 Å². The van der Waals surface area contributed by atoms with Crippen molar-refractivity contribution in [3.63, 3.8) is 0 Å². The Balaban J connectivity index is 1.40. The third kappa shape index (κ3) is 5.20. The van der Waals surface area contributed by atoms with Gasteiger partial charge < -0.3 is 14.6 Å². The van der Waals surface area contributed by atoms with E-state index in [0.717, 1.165) is 23.4 Å². The molecule has 1 atom stereocenters. The van der Waals surface area contributed by atoms with Gasteiger partial charge in [-0.05, 0) is 60.4 Å². The van der Waals surface area contributed by atoms with Crippen molar-refractivity contribution in [3.05, 3.63) is 89.4 Å². The molecule has 0 spiro atoms. The van der Waals surface area contributed by atoms with Gasteiger partial charge in [-0.3, -0.25) is 9.59 Å². The molecule has 0 saturated carbocycles. The lowest BCUT2D eigenvalue weighted by atomic mass is 10.1. The highest BCUT2D eigenvalue weighted by molar-refractivity contribution is 8.00. The molecule has 1 saturated heterocycles. The number of carbonyl (C=O) groups excluding carboxylic acids is 2. The summed E-state index contributed by atoms with van der Waals surface area (Å²) in [4.78, 5) is 26.8. The van der Waals surface area contributed by atoms with Gasteiger partial charge in [-0.2, -0.15) is 0 Å². The second kappa shape index (κ2) is 9.88. The fraction of sp³-hybridized carbons (Fsp3) is 0.280. The Kier molecular flexibility index (Phi) is 6.77. The third-order valence-electron chi connectivity index (χ3n) is 5.36. The summed E-state index contributed by atoms with van der Waals surface area (Å²) in [7, 11) is 0. The van der Waals surface area contributed by atoms with Crippen LogP contribution >= 0.6 is 11.8 Å². The Bertz CT molecular complexity index is 1010. The van der Waals surface area contributed by atoms with Crippen LogP contribution in [0, 0.1) is 0 Å². The first-order chi connectivity index (χ1) is 15.1. The summed E-state index contributed by atoms with van der Waals surface area (Å²) in [6.45, 7) is 2.62. The van der Waals surface area contributed by atoms with Crippen molar-refractivity contribution in [2.75, 3.05) is 11.1 Å². The normalized spacial score (nSPS) is 16.0. The number of hydrogen-bond acceptors (Lipinski definition) is 4. The molecule has 1 aliphatic rings. The van der Waals surface area contributed by atoms with Gasteiger partial charge in [0.2, 0.25) is 5.91 Å². The van der Waals surface area contributed by atoms with Crippen LogP contribution in [0.1, 0.15) is 52.4 Å². The monoisotopic (exact) mass is 434 g/mol. The van der Waals surface area contributed by atoms with Gasteiger partial charge >= 0.3 is 0 Å². The summed E-state index contributed by atoms with van der Waals surface area (Å²) in [6.07, 6.45) is 5.01. The Labute approximate surface area is 186 Å². The summed E-state index contributed by atoms with van der Waals surface area (Å²) in [5.74, 6) is 1.16. The molecule has 1 fully saturated rings. The molecule has 4 rings (SSSR count). The van der Waals surface area contributed by atoms with Crippen LogP contribution in [0.2, 0.25) is 0 Å². The van der Waals surface area contributed by atoms with E-state index in [1.54, 1.807) is 18.0 Å². The van der Waals surface area contributed by atoms with Crippen LogP contribution in [0.15, 0.2) is 71.3 Å². The fourth-order valence-electron chi connectivity index (χ4n) is 3.61. The van der Waals surface area contributed by atoms with E-state index in [9.17, 15) is 9.59 Å². The molecular weight excluding hydrogens is 408 g/mol. The number of amides is 2. The van der Waals surface area contributed by atoms with Gasteiger partial charge in [0.25, 0.3) is 5.91 Å². The smallest absolute Gasteiger partial charge is 0.255 e. The molecule has 0 radical (unpaired) electrons. The number of furan rings is 1. The lowest BCUT2D eigenvalue weighted by Crippen LogP contribution is -2.27. The second-order valence-electron chi connectivity index (χ2n) is 7.64. The number of carbonyl (C=O) groups is 2. The molecule has 2 heterocycles. The minimum atomic E-state index is -0.143. The standard InChI is InChI=1S/C25H26N2O3S/c1-2-3-5-18-7-13-21(14-8-18)26-24(29)19-9-11-20(12-10-19)25-27(23(28)17-31-25)16-22-6-4-15-30-22/h4,6-15,25H,2-3,5,16-17H2,1H3,(H,26,29)/t25-/m1/s1. The van der Waals surface area contributed by atoms with Gasteiger partial charge in [0.1, 0.15) is 11.1 Å². The molecule has 0 unspecified atom stereocenters. The van der Waals surface area contributed by atoms with Gasteiger partial charge in [-0.25, -0.2) is 0 Å². The summed E-state index contributed by atoms with van der Waals surface area (Å²) >= 11 is 1.59. The number of benzene rings is 2. The number of hydrogen-bond donors (Lipinski definition) is 1. The van der Waals surface area contributed by atoms with Crippen molar-refractivity contribution in [2.45, 2.75) is 38.1 Å². The summed E-state index contributed by atoms with van der Waals surface area (Å²) in [5.41, 5.74) is 3.66. The molecule has 5 nitrogen and oxygen atoms in total. The van der Waals surface area contributed by atoms with E-state index in [-0.39, 0.29) is 17.2 Å². The van der Waals surface area contributed by atoms with Gasteiger partial charge in [0.05, 0.1) is 18.6 Å². The highest BCUT2D eigenvalue weighted by atomic mass is 32.2. The summed E-state index contributed by atoms with van der Waals surface area (Å²) in [5, 5.41) is 2.88. The maximum atomic E-state index is 12.6. The lowest BCUT2D eigenvalue weighted by molar-refractivity contribution is -0.128. The molecule has 160 valence electrons. The van der Waals surface area contributed by atoms with Crippen LogP contribution in [0.25, 0.3) is 0 Å². The number of thioether (sulfide) groups is 1. The lowest BCUT2D eigenvalue weighted by Gasteiger charge is -2.23. The molecule has 31 heavy (non-hydrogen) atoms. The molecule has 2 amide bonds. The predicted molar refractivity (Wildman–Crippen MR) is 124 cm³/mol. The predicted octanol–water partition coefficient (Wildman–Crippen LogP) is 5.65. The zero-order valence-electron chi connectivity index (χ0n) is 17.5. The van der Waals surface area contributed by atoms with Crippen molar-refractivity contribution in [2.24, 2.45) is 0 Å². The highest BCUT2D eigenvalue weighted by Crippen LogP contribution is 2.39. The Morgan fingerprint density at radius 2 is 1.90 bits per heavy atom. The Hall–Kier alpha value is -2.99. The van der Waals surface area contributed by atoms with E-state index in [1.807, 2.05) is 53.4 Å². The molecule has 1 aromatic heterocycles. The first kappa shape index (κ1) is 21.2. The van der Waals surface area contributed by atoms with E-state index < -0.39 is 0 Å². The number of aryl methyl sites for hydroxylation is 1. The van der Waals surface area contributed by atoms with Crippen molar-refractivity contribution >= 4 is 29.3 Å². The van der Waals surface area contributed by atoms with Crippen LogP contribution < -0.4 is 5.32 Å². The van der Waals surface area contributed by atoms with Crippen LogP contribution in [-0.2, 0) is 17.8 Å². The van der Waals surface area contributed by atoms with Gasteiger partial charge in [-0.15, -0.1) is 11.8 Å². The van der Waals surface area contributed by atoms with E-state index in [4.69, 9.17) is 4.42 Å². The van der Waals surface area contributed by atoms with Gasteiger partial charge in [0, 0.05) is 11.3 Å². The van der Waals surface area contributed by atoms with Crippen LogP contribution in [0.4, 0.5) is 5.69 Å². The summed E-state index contributed by atoms with van der Waals surface area (Å²) in [6, 6.07) is 19.2. The maximum Gasteiger partial charge on any atom is 0.255 e. The molecule has 1 N–H and O–H groups in total. The second-order valence-corrected chi connectivity index (χ2v) is 8.71. The minimum absolute atomic E-state index is 0.0784. The Morgan fingerprint density at radius 1 is 1.13 bits per heavy atom. The molecular formula is C25H26N2O3S. The molecule has 0 aliphatic carbocycles. The zero-order valence-corrected chi connectivity index (χ0v) is 18.4. The maximum absolute atomic E-state index is 12.6. The van der Waals surface area contributed by atoms with E-state index >= 15 is 0 Å². The van der Waals surface area contributed by atoms with Crippen LogP contribution in [0.5, 0.6) is 0 Å². The van der Waals surface area contributed by atoms with Gasteiger partial charge in [-0.1, -0.05) is 37.6 Å². The average molecular weight is 435 g/mol. The number of anilines is 1. The molecule has 2 aromatic carbocycles. The first-order valence-corrected chi connectivity index (χ1v) is 11.6. The van der Waals surface area contributed by atoms with Crippen molar-refractivity contribution in [1.29, 1.82) is 0 Å². The van der Waals surface area contributed by atoms with E-state index in [0.29, 0.717) is 17.9 Å². The van der Waals surface area contributed by atoms with Gasteiger partial charge in [0.15, 0.2) is 0 Å². The van der Waals surface area contributed by atoms with Crippen LogP contribution in [-0.4, -0.2) is 22.5 Å². The van der Waals surface area contributed by atoms with Crippen molar-refractivity contribution in [1.82, 2.24) is 4.90 Å². The molecule has 3 aromatic rings. The first-order valence-electron chi connectivity index (χ1n) is 10.6. The fourth-order valence-corrected chi connectivity index (χ4v) is 4.80. The highest BCUT2D eigenvalue weighted by Gasteiger charge is 2.33. The topological polar surface area (TPSA) is 62.6 Å². The largest absolute Gasteiger partial charge is 0.467 e. The Morgan fingerprint density at radius 3 is 2.58 bits per heavy atom. The minimum Gasteiger partial charge on any atom is -0.467 e. The number of unbranched alkanes of at least 4 members (excludes halogenated alkanes) is 1. The van der Waals surface area contributed by atoms with E-state index in [1.165, 1.54) is 18.4 Å². The third-order valence-corrected chi connectivity index (χ3v) is 6.62. The van der Waals surface area contributed by atoms with E-state index in [2.05, 4.69) is 24.4 Å². The quantitative estimate of drug-likeness (QED) is 0.498.